The summed E-state index contributed by atoms with van der Waals surface area (Å²) in [4.78, 5) is 36.0. The number of H-pyrrole nitrogens is 1. The third-order valence-electron chi connectivity index (χ3n) is 4.59. The molecule has 0 fully saturated rings. The number of aromatic amines is 1. The highest BCUT2D eigenvalue weighted by atomic mass is 16.5. The molecule has 7 nitrogen and oxygen atoms in total. The van der Waals surface area contributed by atoms with Crippen molar-refractivity contribution in [3.63, 3.8) is 0 Å². The van der Waals surface area contributed by atoms with Gasteiger partial charge in [-0.3, -0.25) is 9.78 Å². The molecule has 0 saturated carbocycles. The lowest BCUT2D eigenvalue weighted by molar-refractivity contribution is -0.124. The Morgan fingerprint density at radius 2 is 1.93 bits per heavy atom. The molecule has 0 radical (unpaired) electrons. The summed E-state index contributed by atoms with van der Waals surface area (Å²) in [6.07, 6.45) is 3.32. The molecule has 4 aromatic rings. The van der Waals surface area contributed by atoms with E-state index in [2.05, 4.69) is 20.3 Å². The van der Waals surface area contributed by atoms with Gasteiger partial charge in [0, 0.05) is 24.5 Å². The number of aryl methyl sites for hydroxylation is 1. The number of amides is 1. The minimum absolute atomic E-state index is 0.326. The van der Waals surface area contributed by atoms with Gasteiger partial charge in [0.25, 0.3) is 5.91 Å². The smallest absolute Gasteiger partial charge is 0.338 e. The van der Waals surface area contributed by atoms with Crippen molar-refractivity contribution in [3.8, 4) is 11.4 Å². The zero-order chi connectivity index (χ0) is 20.9. The van der Waals surface area contributed by atoms with Gasteiger partial charge < -0.3 is 15.0 Å². The first-order valence-corrected chi connectivity index (χ1v) is 9.48. The third-order valence-corrected chi connectivity index (χ3v) is 4.59. The number of fused-ring (bicyclic) bond motifs is 1. The maximum Gasteiger partial charge on any atom is 0.338 e. The van der Waals surface area contributed by atoms with Crippen molar-refractivity contribution in [2.24, 2.45) is 0 Å². The minimum Gasteiger partial charge on any atom is -0.452 e. The summed E-state index contributed by atoms with van der Waals surface area (Å²) in [6.45, 7) is 2.00. The molecule has 0 unspecified atom stereocenters. The highest BCUT2D eigenvalue weighted by Crippen LogP contribution is 2.22. The van der Waals surface area contributed by atoms with Crippen molar-refractivity contribution in [3.05, 3.63) is 83.7 Å². The van der Waals surface area contributed by atoms with Crippen molar-refractivity contribution < 1.29 is 14.3 Å². The highest BCUT2D eigenvalue weighted by Gasteiger charge is 2.13. The topological polar surface area (TPSA) is 97.0 Å². The quantitative estimate of drug-likeness (QED) is 0.484. The number of hydrogen-bond acceptors (Lipinski definition) is 5. The van der Waals surface area contributed by atoms with Gasteiger partial charge >= 0.3 is 5.97 Å². The minimum atomic E-state index is -0.570. The van der Waals surface area contributed by atoms with Crippen LogP contribution in [0.5, 0.6) is 0 Å². The number of benzene rings is 2. The van der Waals surface area contributed by atoms with Gasteiger partial charge in [-0.05, 0) is 36.8 Å². The van der Waals surface area contributed by atoms with Crippen LogP contribution in [0.1, 0.15) is 21.5 Å². The molecular formula is C23H20N4O3. The fourth-order valence-corrected chi connectivity index (χ4v) is 2.95. The zero-order valence-corrected chi connectivity index (χ0v) is 16.4. The largest absolute Gasteiger partial charge is 0.452 e. The van der Waals surface area contributed by atoms with Crippen LogP contribution in [-0.4, -0.2) is 33.4 Å². The van der Waals surface area contributed by atoms with Crippen LogP contribution in [-0.2, 0) is 16.1 Å². The number of carbonyl (C=O) groups is 2. The summed E-state index contributed by atoms with van der Waals surface area (Å²) >= 11 is 0. The first-order valence-electron chi connectivity index (χ1n) is 9.48. The van der Waals surface area contributed by atoms with E-state index in [0.717, 1.165) is 28.0 Å². The van der Waals surface area contributed by atoms with E-state index >= 15 is 0 Å². The Hall–Kier alpha value is -4.00. The maximum atomic E-state index is 12.3. The first-order chi connectivity index (χ1) is 14.6. The second kappa shape index (κ2) is 8.57. The zero-order valence-electron chi connectivity index (χ0n) is 16.4. The number of rotatable bonds is 6. The molecule has 150 valence electrons. The Bertz CT molecular complexity index is 1180. The number of carbonyl (C=O) groups excluding carboxylic acids is 2. The molecule has 2 aromatic carbocycles. The van der Waals surface area contributed by atoms with Crippen LogP contribution >= 0.6 is 0 Å². The number of esters is 1. The van der Waals surface area contributed by atoms with E-state index in [0.29, 0.717) is 12.1 Å². The van der Waals surface area contributed by atoms with E-state index < -0.39 is 5.97 Å². The van der Waals surface area contributed by atoms with Crippen LogP contribution in [0.3, 0.4) is 0 Å². The monoisotopic (exact) mass is 400 g/mol. The van der Waals surface area contributed by atoms with Crippen LogP contribution in [0.15, 0.2) is 67.0 Å². The molecule has 0 spiro atoms. The first kappa shape index (κ1) is 19.3. The van der Waals surface area contributed by atoms with E-state index in [1.165, 1.54) is 5.56 Å². The van der Waals surface area contributed by atoms with Crippen LogP contribution in [0, 0.1) is 6.92 Å². The van der Waals surface area contributed by atoms with Crippen molar-refractivity contribution in [2.45, 2.75) is 13.5 Å². The molecule has 0 aliphatic carbocycles. The number of aromatic nitrogens is 3. The summed E-state index contributed by atoms with van der Waals surface area (Å²) in [5, 5.41) is 2.69. The van der Waals surface area contributed by atoms with Crippen molar-refractivity contribution in [1.29, 1.82) is 0 Å². The molecule has 0 aliphatic rings. The van der Waals surface area contributed by atoms with Gasteiger partial charge in [0.2, 0.25) is 0 Å². The van der Waals surface area contributed by atoms with Crippen LogP contribution < -0.4 is 5.32 Å². The normalized spacial score (nSPS) is 10.7. The Morgan fingerprint density at radius 3 is 2.70 bits per heavy atom. The molecule has 2 heterocycles. The summed E-state index contributed by atoms with van der Waals surface area (Å²) < 4.78 is 5.13. The standard InChI is InChI=1S/C23H20N4O3/c1-15-4-6-17(7-5-15)22-26-19-9-8-18(11-20(19)27-22)23(29)30-14-21(28)25-13-16-3-2-10-24-12-16/h2-12H,13-14H2,1H3,(H,25,28)(H,26,27). The molecule has 7 heteroatoms. The van der Waals surface area contributed by atoms with Gasteiger partial charge in [0.1, 0.15) is 5.82 Å². The maximum absolute atomic E-state index is 12.3. The fourth-order valence-electron chi connectivity index (χ4n) is 2.95. The van der Waals surface area contributed by atoms with Crippen molar-refractivity contribution >= 4 is 22.9 Å². The van der Waals surface area contributed by atoms with Gasteiger partial charge in [-0.15, -0.1) is 0 Å². The predicted octanol–water partition coefficient (Wildman–Crippen LogP) is 3.41. The van der Waals surface area contributed by atoms with E-state index in [1.54, 1.807) is 36.7 Å². The summed E-state index contributed by atoms with van der Waals surface area (Å²) in [5.74, 6) is -0.221. The summed E-state index contributed by atoms with van der Waals surface area (Å²) in [6, 6.07) is 16.7. The molecule has 4 rings (SSSR count). The Morgan fingerprint density at radius 1 is 1.10 bits per heavy atom. The SMILES string of the molecule is Cc1ccc(-c2nc3ccc(C(=O)OCC(=O)NCc4cccnc4)cc3[nH]2)cc1. The Balaban J connectivity index is 1.38. The third kappa shape index (κ3) is 4.52. The van der Waals surface area contributed by atoms with E-state index in [9.17, 15) is 9.59 Å². The van der Waals surface area contributed by atoms with Gasteiger partial charge in [0.15, 0.2) is 6.61 Å². The van der Waals surface area contributed by atoms with Gasteiger partial charge in [-0.1, -0.05) is 35.9 Å². The van der Waals surface area contributed by atoms with Crippen molar-refractivity contribution in [1.82, 2.24) is 20.3 Å². The molecule has 1 amide bonds. The number of nitrogens with zero attached hydrogens (tertiary/aromatic N) is 2. The molecule has 0 atom stereocenters. The number of nitrogens with one attached hydrogen (secondary N) is 2. The second-order valence-electron chi connectivity index (χ2n) is 6.90. The average Bonchev–Trinajstić information content (AvgIpc) is 3.20. The number of imidazole rings is 1. The lowest BCUT2D eigenvalue weighted by atomic mass is 10.1. The van der Waals surface area contributed by atoms with Crippen LogP contribution in [0.2, 0.25) is 0 Å². The van der Waals surface area contributed by atoms with E-state index in [-0.39, 0.29) is 12.5 Å². The van der Waals surface area contributed by atoms with Gasteiger partial charge in [0.05, 0.1) is 16.6 Å². The van der Waals surface area contributed by atoms with Gasteiger partial charge in [-0.25, -0.2) is 9.78 Å². The summed E-state index contributed by atoms with van der Waals surface area (Å²) in [5.41, 5.74) is 4.82. The number of pyridine rings is 1. The van der Waals surface area contributed by atoms with Crippen molar-refractivity contribution in [2.75, 3.05) is 6.61 Å². The van der Waals surface area contributed by atoms with E-state index in [1.807, 2.05) is 37.3 Å². The molecule has 0 saturated heterocycles. The average molecular weight is 400 g/mol. The number of ether oxygens (including phenoxy) is 1. The number of hydrogen-bond donors (Lipinski definition) is 2. The second-order valence-corrected chi connectivity index (χ2v) is 6.90. The highest BCUT2D eigenvalue weighted by molar-refractivity contribution is 5.95. The lowest BCUT2D eigenvalue weighted by Crippen LogP contribution is -2.28. The molecule has 30 heavy (non-hydrogen) atoms. The predicted molar refractivity (Wildman–Crippen MR) is 113 cm³/mol. The van der Waals surface area contributed by atoms with Crippen LogP contribution in [0.25, 0.3) is 22.4 Å². The molecular weight excluding hydrogens is 380 g/mol. The lowest BCUT2D eigenvalue weighted by Gasteiger charge is -2.06. The van der Waals surface area contributed by atoms with Gasteiger partial charge in [-0.2, -0.15) is 0 Å². The van der Waals surface area contributed by atoms with E-state index in [4.69, 9.17) is 4.74 Å². The molecule has 0 bridgehead atoms. The molecule has 0 aliphatic heterocycles. The summed E-state index contributed by atoms with van der Waals surface area (Å²) in [7, 11) is 0. The molecule has 2 N–H and O–H groups in total. The van der Waals surface area contributed by atoms with Crippen LogP contribution in [0.4, 0.5) is 0 Å². The Labute approximate surface area is 173 Å². The molecule has 2 aromatic heterocycles. The fraction of sp³-hybridized carbons (Fsp3) is 0.130. The Kier molecular flexibility index (Phi) is 5.52.